The average Bonchev–Trinajstić information content (AvgIpc) is 2.85. The van der Waals surface area contributed by atoms with Crippen LogP contribution in [0.1, 0.15) is 21.6 Å². The fourth-order valence-corrected chi connectivity index (χ4v) is 1.51. The highest BCUT2D eigenvalue weighted by Gasteiger charge is 2.18. The van der Waals surface area contributed by atoms with Gasteiger partial charge in [-0.05, 0) is 29.4 Å². The maximum Gasteiger partial charge on any atom is 0.365 e. The molecule has 1 aromatic carbocycles. The first-order chi connectivity index (χ1) is 9.99. The highest BCUT2D eigenvalue weighted by atomic mass is 16.7. The molecule has 0 aliphatic carbocycles. The van der Waals surface area contributed by atoms with E-state index in [9.17, 15) is 4.79 Å². The molecule has 2 aromatic rings. The largest absolute Gasteiger partial charge is 0.379 e. The number of aryl methyl sites for hydroxylation is 1. The van der Waals surface area contributed by atoms with Gasteiger partial charge in [-0.2, -0.15) is 0 Å². The molecule has 0 atom stereocenters. The molecule has 1 heterocycles. The lowest BCUT2D eigenvalue weighted by molar-refractivity contribution is 0.0511. The molecule has 21 heavy (non-hydrogen) atoms. The van der Waals surface area contributed by atoms with Gasteiger partial charge in [-0.1, -0.05) is 22.9 Å². The van der Waals surface area contributed by atoms with Crippen LogP contribution in [0.2, 0.25) is 0 Å². The summed E-state index contributed by atoms with van der Waals surface area (Å²) in [5, 5.41) is 10.9. The Labute approximate surface area is 121 Å². The van der Waals surface area contributed by atoms with Gasteiger partial charge >= 0.3 is 5.97 Å². The second-order valence-electron chi connectivity index (χ2n) is 4.55. The Bertz CT molecular complexity index is 661. The quantitative estimate of drug-likeness (QED) is 0.389. The maximum absolute atomic E-state index is 11.9. The summed E-state index contributed by atoms with van der Waals surface area (Å²) in [7, 11) is 3.40. The zero-order valence-electron chi connectivity index (χ0n) is 11.9. The van der Waals surface area contributed by atoms with Crippen molar-refractivity contribution in [3.8, 4) is 0 Å². The summed E-state index contributed by atoms with van der Waals surface area (Å²) in [5.74, 6) is -0.285. The van der Waals surface area contributed by atoms with Crippen molar-refractivity contribution in [1.82, 2.24) is 15.2 Å². The first kappa shape index (κ1) is 14.5. The van der Waals surface area contributed by atoms with Crippen LogP contribution in [0.25, 0.3) is 0 Å². The van der Waals surface area contributed by atoms with Crippen LogP contribution in [0.3, 0.4) is 0 Å². The van der Waals surface area contributed by atoms with Crippen molar-refractivity contribution in [3.05, 3.63) is 41.1 Å². The fraction of sp³-hybridized carbons (Fsp3) is 0.231. The van der Waals surface area contributed by atoms with Crippen molar-refractivity contribution < 1.29 is 14.3 Å². The summed E-state index contributed by atoms with van der Waals surface area (Å²) in [6.07, 6.45) is 0. The molecule has 0 saturated carbocycles. The second kappa shape index (κ2) is 6.04. The number of anilines is 1. The summed E-state index contributed by atoms with van der Waals surface area (Å²) >= 11 is 0. The summed E-state index contributed by atoms with van der Waals surface area (Å²) in [6.45, 7) is 1.93. The number of oxime groups is 1. The van der Waals surface area contributed by atoms with Crippen LogP contribution in [-0.2, 0) is 4.84 Å². The highest BCUT2D eigenvalue weighted by molar-refractivity contribution is 6.00. The highest BCUT2D eigenvalue weighted by Crippen LogP contribution is 2.10. The van der Waals surface area contributed by atoms with E-state index in [0.29, 0.717) is 5.56 Å². The maximum atomic E-state index is 11.9. The van der Waals surface area contributed by atoms with Crippen molar-refractivity contribution in [2.45, 2.75) is 6.92 Å². The molecule has 0 aliphatic heterocycles. The molecule has 0 unspecified atom stereocenters. The van der Waals surface area contributed by atoms with Crippen LogP contribution in [0.15, 0.2) is 34.1 Å². The van der Waals surface area contributed by atoms with Gasteiger partial charge in [0, 0.05) is 14.1 Å². The van der Waals surface area contributed by atoms with E-state index in [0.717, 1.165) is 5.56 Å². The van der Waals surface area contributed by atoms with Crippen LogP contribution in [-0.4, -0.2) is 41.1 Å². The van der Waals surface area contributed by atoms with Gasteiger partial charge in [0.05, 0.1) is 5.56 Å². The zero-order chi connectivity index (χ0) is 15.4. The minimum atomic E-state index is -0.579. The molecule has 0 saturated heterocycles. The molecule has 8 nitrogen and oxygen atoms in total. The molecule has 0 fully saturated rings. The van der Waals surface area contributed by atoms with Crippen LogP contribution < -0.4 is 5.73 Å². The zero-order valence-corrected chi connectivity index (χ0v) is 11.9. The van der Waals surface area contributed by atoms with Crippen LogP contribution >= 0.6 is 0 Å². The average molecular weight is 289 g/mol. The van der Waals surface area contributed by atoms with Crippen molar-refractivity contribution in [1.29, 1.82) is 0 Å². The standard InChI is InChI=1S/C13H15N5O3/c1-8-4-6-9(7-5-8)13(19)20-17-12(18(2)3)10-11(14)16-21-15-10/h4-7H,1-3H3,(H2,14,16)/b17-12+. The van der Waals surface area contributed by atoms with E-state index >= 15 is 0 Å². The summed E-state index contributed by atoms with van der Waals surface area (Å²) in [4.78, 5) is 18.4. The molecule has 2 N–H and O–H groups in total. The summed E-state index contributed by atoms with van der Waals surface area (Å²) in [5.41, 5.74) is 7.25. The summed E-state index contributed by atoms with van der Waals surface area (Å²) in [6, 6.07) is 6.95. The third kappa shape index (κ3) is 3.35. The van der Waals surface area contributed by atoms with Gasteiger partial charge in [0.2, 0.25) is 5.84 Å². The van der Waals surface area contributed by atoms with E-state index in [2.05, 4.69) is 20.1 Å². The van der Waals surface area contributed by atoms with Crippen LogP contribution in [0.5, 0.6) is 0 Å². The van der Waals surface area contributed by atoms with Crippen molar-refractivity contribution in [2.75, 3.05) is 19.8 Å². The van der Waals surface area contributed by atoms with E-state index in [1.807, 2.05) is 19.1 Å². The van der Waals surface area contributed by atoms with Gasteiger partial charge in [0.15, 0.2) is 11.5 Å². The van der Waals surface area contributed by atoms with Crippen molar-refractivity contribution >= 4 is 17.6 Å². The van der Waals surface area contributed by atoms with Gasteiger partial charge < -0.3 is 15.5 Å². The Hall–Kier alpha value is -2.90. The van der Waals surface area contributed by atoms with E-state index in [1.165, 1.54) is 0 Å². The number of hydrogen-bond donors (Lipinski definition) is 1. The van der Waals surface area contributed by atoms with E-state index in [1.54, 1.807) is 31.1 Å². The minimum Gasteiger partial charge on any atom is -0.379 e. The number of nitrogens with two attached hydrogens (primary N) is 1. The Morgan fingerprint density at radius 1 is 1.29 bits per heavy atom. The number of carbonyl (C=O) groups excluding carboxylic acids is 1. The van der Waals surface area contributed by atoms with Crippen LogP contribution in [0.4, 0.5) is 5.82 Å². The fourth-order valence-electron chi connectivity index (χ4n) is 1.51. The molecule has 0 aliphatic rings. The summed E-state index contributed by atoms with van der Waals surface area (Å²) < 4.78 is 4.51. The molecule has 2 rings (SSSR count). The van der Waals surface area contributed by atoms with E-state index in [-0.39, 0.29) is 17.3 Å². The van der Waals surface area contributed by atoms with Crippen molar-refractivity contribution in [2.24, 2.45) is 5.16 Å². The Morgan fingerprint density at radius 2 is 1.95 bits per heavy atom. The molecule has 1 aromatic heterocycles. The molecule has 110 valence electrons. The number of nitrogen functional groups attached to an aromatic ring is 1. The van der Waals surface area contributed by atoms with Gasteiger partial charge in [0.1, 0.15) is 0 Å². The van der Waals surface area contributed by atoms with Gasteiger partial charge in [-0.15, -0.1) is 0 Å². The minimum absolute atomic E-state index is 0.0637. The second-order valence-corrected chi connectivity index (χ2v) is 4.55. The van der Waals surface area contributed by atoms with E-state index < -0.39 is 5.97 Å². The number of carbonyl (C=O) groups is 1. The number of nitrogens with zero attached hydrogens (tertiary/aromatic N) is 4. The first-order valence-corrected chi connectivity index (χ1v) is 6.10. The van der Waals surface area contributed by atoms with Gasteiger partial charge in [-0.3, -0.25) is 0 Å². The number of hydrogen-bond acceptors (Lipinski definition) is 7. The smallest absolute Gasteiger partial charge is 0.365 e. The topological polar surface area (TPSA) is 107 Å². The number of rotatable bonds is 3. The molecular formula is C13H15N5O3. The first-order valence-electron chi connectivity index (χ1n) is 6.10. The molecule has 8 heteroatoms. The molecule has 0 spiro atoms. The van der Waals surface area contributed by atoms with Crippen molar-refractivity contribution in [3.63, 3.8) is 0 Å². The number of amidine groups is 1. The molecule has 0 amide bonds. The van der Waals surface area contributed by atoms with Gasteiger partial charge in [-0.25, -0.2) is 9.42 Å². The SMILES string of the molecule is Cc1ccc(C(=O)O/N=C(\c2nonc2N)N(C)C)cc1. The normalized spacial score (nSPS) is 11.3. The molecular weight excluding hydrogens is 274 g/mol. The monoisotopic (exact) mass is 289 g/mol. The third-order valence-corrected chi connectivity index (χ3v) is 2.65. The molecule has 0 radical (unpaired) electrons. The Morgan fingerprint density at radius 3 is 2.48 bits per heavy atom. The number of aromatic nitrogens is 2. The molecule has 0 bridgehead atoms. The Balaban J connectivity index is 2.19. The van der Waals surface area contributed by atoms with E-state index in [4.69, 9.17) is 10.6 Å². The lowest BCUT2D eigenvalue weighted by atomic mass is 10.2. The predicted octanol–water partition coefficient (Wildman–Crippen LogP) is 1.04. The van der Waals surface area contributed by atoms with Gasteiger partial charge in [0.25, 0.3) is 0 Å². The van der Waals surface area contributed by atoms with Crippen LogP contribution in [0, 0.1) is 6.92 Å². The number of benzene rings is 1. The lowest BCUT2D eigenvalue weighted by Crippen LogP contribution is -2.25. The lowest BCUT2D eigenvalue weighted by Gasteiger charge is -2.12. The third-order valence-electron chi connectivity index (χ3n) is 2.65. The Kier molecular flexibility index (Phi) is 4.17. The predicted molar refractivity (Wildman–Crippen MR) is 75.5 cm³/mol.